The molecule has 8 atom stereocenters. The SMILES string of the molecule is CC[C@H](C)[C@@H]1NC(=O)[C@H](Cc2ccc(O)cc2)NC(=O)CCSSC[C@H]2NC(=O)[C@H](CC(N)=O)NC(=O)[C@H](CCC(=O)NCCCC[C@@H](C(=O)NCC(=O)O)NC(=O)[C@@H]3CCCN3C2=O)NC1=O. The Labute approximate surface area is 400 Å². The van der Waals surface area contributed by atoms with E-state index >= 15 is 0 Å². The molecule has 0 aliphatic carbocycles. The molecule has 3 saturated heterocycles. The van der Waals surface area contributed by atoms with Crippen LogP contribution < -0.4 is 48.3 Å². The van der Waals surface area contributed by atoms with Gasteiger partial charge in [0.05, 0.1) is 6.42 Å². The number of carboxylic acids is 1. The number of primary amides is 1. The lowest BCUT2D eigenvalue weighted by Crippen LogP contribution is -2.61. The quantitative estimate of drug-likeness (QED) is 0.117. The van der Waals surface area contributed by atoms with Crippen LogP contribution in [0, 0.1) is 5.92 Å². The highest BCUT2D eigenvalue weighted by atomic mass is 33.1. The number of phenolic OH excluding ortho intramolecular Hbond substituents is 1. The van der Waals surface area contributed by atoms with Crippen LogP contribution in [0.1, 0.15) is 83.6 Å². The number of rotatable bonds is 9. The Kier molecular flexibility index (Phi) is 21.7. The third kappa shape index (κ3) is 17.2. The van der Waals surface area contributed by atoms with Crippen LogP contribution in [0.15, 0.2) is 24.3 Å². The lowest BCUT2D eigenvalue weighted by molar-refractivity contribution is -0.142. The van der Waals surface area contributed by atoms with E-state index in [1.54, 1.807) is 26.0 Å². The molecule has 10 amide bonds. The lowest BCUT2D eigenvalue weighted by Gasteiger charge is -2.31. The number of phenols is 1. The first kappa shape index (κ1) is 54.5. The number of carbonyl (C=O) groups excluding carboxylic acids is 10. The third-order valence-electron chi connectivity index (χ3n) is 11.6. The van der Waals surface area contributed by atoms with E-state index in [2.05, 4.69) is 42.5 Å². The highest BCUT2D eigenvalue weighted by molar-refractivity contribution is 8.76. The van der Waals surface area contributed by atoms with Crippen LogP contribution in [0.3, 0.4) is 0 Å². The summed E-state index contributed by atoms with van der Waals surface area (Å²) in [6.07, 6.45) is -0.141. The third-order valence-corrected chi connectivity index (χ3v) is 14.0. The van der Waals surface area contributed by atoms with E-state index in [1.807, 2.05) is 0 Å². The Morgan fingerprint density at radius 1 is 0.779 bits per heavy atom. The number of fused-ring (bicyclic) bond motifs is 7. The van der Waals surface area contributed by atoms with Gasteiger partial charge in [-0.25, -0.2) is 0 Å². The van der Waals surface area contributed by atoms with Crippen LogP contribution in [0.4, 0.5) is 0 Å². The van der Waals surface area contributed by atoms with Gasteiger partial charge in [0.15, 0.2) is 0 Å². The van der Waals surface area contributed by atoms with E-state index in [4.69, 9.17) is 10.8 Å². The zero-order chi connectivity index (χ0) is 49.9. The fourth-order valence-electron chi connectivity index (χ4n) is 7.66. The summed E-state index contributed by atoms with van der Waals surface area (Å²) in [4.78, 5) is 150. The van der Waals surface area contributed by atoms with Crippen LogP contribution >= 0.6 is 21.6 Å². The predicted molar refractivity (Wildman–Crippen MR) is 248 cm³/mol. The number of aromatic hydroxyl groups is 1. The first-order valence-electron chi connectivity index (χ1n) is 22.5. The van der Waals surface area contributed by atoms with E-state index in [9.17, 15) is 57.8 Å². The molecule has 1 aromatic rings. The molecule has 25 heteroatoms. The summed E-state index contributed by atoms with van der Waals surface area (Å²) in [7, 11) is 2.25. The summed E-state index contributed by atoms with van der Waals surface area (Å²) < 4.78 is 0. The molecule has 3 aliphatic rings. The maximum Gasteiger partial charge on any atom is 0.322 e. The van der Waals surface area contributed by atoms with Gasteiger partial charge in [-0.05, 0) is 62.1 Å². The summed E-state index contributed by atoms with van der Waals surface area (Å²) in [5.41, 5.74) is 6.11. The van der Waals surface area contributed by atoms with Gasteiger partial charge < -0.3 is 63.4 Å². The van der Waals surface area contributed by atoms with Gasteiger partial charge in [0.2, 0.25) is 59.1 Å². The summed E-state index contributed by atoms with van der Waals surface area (Å²) in [6, 6.07) is -3.53. The Morgan fingerprint density at radius 2 is 1.49 bits per heavy atom. The minimum atomic E-state index is -1.71. The molecule has 3 fully saturated rings. The van der Waals surface area contributed by atoms with Gasteiger partial charge in [0.25, 0.3) is 0 Å². The predicted octanol–water partition coefficient (Wildman–Crippen LogP) is -2.18. The number of carboxylic acid groups (broad SMARTS) is 1. The molecule has 0 unspecified atom stereocenters. The molecule has 0 radical (unpaired) electrons. The molecule has 0 saturated carbocycles. The van der Waals surface area contributed by atoms with Crippen LogP contribution in [0.5, 0.6) is 5.75 Å². The number of carbonyl (C=O) groups is 11. The van der Waals surface area contributed by atoms with Crippen LogP contribution in [-0.2, 0) is 59.2 Å². The molecule has 0 spiro atoms. The second-order valence-electron chi connectivity index (χ2n) is 16.8. The molecule has 68 heavy (non-hydrogen) atoms. The number of hydrogen-bond acceptors (Lipinski definition) is 14. The van der Waals surface area contributed by atoms with Gasteiger partial charge in [-0.3, -0.25) is 52.7 Å². The molecule has 4 rings (SSSR count). The summed E-state index contributed by atoms with van der Waals surface area (Å²) >= 11 is 0. The Morgan fingerprint density at radius 3 is 2.18 bits per heavy atom. The van der Waals surface area contributed by atoms with E-state index in [1.165, 1.54) is 17.0 Å². The summed E-state index contributed by atoms with van der Waals surface area (Å²) in [5.74, 6) is -9.82. The second-order valence-corrected chi connectivity index (χ2v) is 19.4. The van der Waals surface area contributed by atoms with Crippen LogP contribution in [0.25, 0.3) is 0 Å². The van der Waals surface area contributed by atoms with Gasteiger partial charge in [-0.2, -0.15) is 0 Å². The average Bonchev–Trinajstić information content (AvgIpc) is 3.79. The molecule has 0 aromatic heterocycles. The van der Waals surface area contributed by atoms with Crippen molar-refractivity contribution in [3.8, 4) is 5.75 Å². The molecule has 12 N–H and O–H groups in total. The van der Waals surface area contributed by atoms with Crippen molar-refractivity contribution < 1.29 is 63.0 Å². The molecule has 23 nitrogen and oxygen atoms in total. The maximum absolute atomic E-state index is 14.4. The number of aliphatic carboxylic acids is 1. The van der Waals surface area contributed by atoms with Gasteiger partial charge >= 0.3 is 5.97 Å². The first-order valence-corrected chi connectivity index (χ1v) is 25.0. The smallest absolute Gasteiger partial charge is 0.322 e. The molecule has 374 valence electrons. The topological polar surface area (TPSA) is 354 Å². The first-order chi connectivity index (χ1) is 32.4. The van der Waals surface area contributed by atoms with Crippen molar-refractivity contribution in [1.82, 2.24) is 47.4 Å². The van der Waals surface area contributed by atoms with Crippen LogP contribution in [-0.4, -0.2) is 154 Å². The number of amides is 10. The van der Waals surface area contributed by atoms with Gasteiger partial charge in [0, 0.05) is 43.9 Å². The van der Waals surface area contributed by atoms with Crippen molar-refractivity contribution in [3.63, 3.8) is 0 Å². The Bertz CT molecular complexity index is 2030. The van der Waals surface area contributed by atoms with E-state index in [-0.39, 0.29) is 75.3 Å². The minimum Gasteiger partial charge on any atom is -0.508 e. The summed E-state index contributed by atoms with van der Waals surface area (Å²) in [5, 5.41) is 39.7. The molecule has 3 heterocycles. The number of benzene rings is 1. The molecular formula is C43H62N10O13S2. The van der Waals surface area contributed by atoms with E-state index in [0.29, 0.717) is 24.8 Å². The fourth-order valence-corrected chi connectivity index (χ4v) is 9.81. The Balaban J connectivity index is 1.77. The van der Waals surface area contributed by atoms with Gasteiger partial charge in [-0.15, -0.1) is 0 Å². The van der Waals surface area contributed by atoms with Crippen molar-refractivity contribution in [2.45, 2.75) is 127 Å². The van der Waals surface area contributed by atoms with Gasteiger partial charge in [0.1, 0.15) is 54.6 Å². The minimum absolute atomic E-state index is 0.0207. The van der Waals surface area contributed by atoms with Crippen molar-refractivity contribution in [3.05, 3.63) is 29.8 Å². The standard InChI is InChI=1S/C43H62N10O13S2/c1-3-23(2)36-42(65)49-27-13-14-33(56)45-16-5-4-7-26(37(60)46-21-35(58)59)48-41(64)31-8-6-17-53(31)43(66)30(51-39(62)29(20-32(44)55)50-38(27)61)22-68-67-18-15-34(57)47-28(40(63)52-36)19-24-9-11-25(54)12-10-24/h9-12,23,26-31,36,54H,3-8,13-22H2,1-2H3,(H2,44,55)(H,45,56)(H,46,60)(H,47,57)(H,48,64)(H,49,65)(H,50,61)(H,51,62)(H,52,63)(H,58,59)/t23-,26-,27-,28-,29-,30+,31-,36-/m0/s1. The highest BCUT2D eigenvalue weighted by Crippen LogP contribution is 2.26. The normalized spacial score (nSPS) is 26.4. The maximum atomic E-state index is 14.4. The van der Waals surface area contributed by atoms with E-state index in [0.717, 1.165) is 21.6 Å². The van der Waals surface area contributed by atoms with Gasteiger partial charge in [-0.1, -0.05) is 54.0 Å². The Hall–Kier alpha value is -6.11. The zero-order valence-electron chi connectivity index (χ0n) is 38.0. The van der Waals surface area contributed by atoms with Crippen molar-refractivity contribution in [2.24, 2.45) is 11.7 Å². The number of nitrogens with two attached hydrogens (primary N) is 1. The monoisotopic (exact) mass is 990 g/mol. The van der Waals surface area contributed by atoms with Crippen molar-refractivity contribution in [1.29, 1.82) is 0 Å². The highest BCUT2D eigenvalue weighted by Gasteiger charge is 2.41. The average molecular weight is 991 g/mol. The van der Waals surface area contributed by atoms with Crippen molar-refractivity contribution >= 4 is 86.6 Å². The molecular weight excluding hydrogens is 929 g/mol. The molecule has 3 aliphatic heterocycles. The summed E-state index contributed by atoms with van der Waals surface area (Å²) in [6.45, 7) is 2.87. The van der Waals surface area contributed by atoms with E-state index < -0.39 is 126 Å². The van der Waals surface area contributed by atoms with Crippen molar-refractivity contribution in [2.75, 3.05) is 31.1 Å². The molecule has 1 aromatic carbocycles. The number of hydrogen-bond donors (Lipinski definition) is 11. The number of nitrogens with zero attached hydrogens (tertiary/aromatic N) is 1. The van der Waals surface area contributed by atoms with Crippen LogP contribution in [0.2, 0.25) is 0 Å². The fraction of sp³-hybridized carbons (Fsp3) is 0.605. The lowest BCUT2D eigenvalue weighted by atomic mass is 9.96. The number of nitrogens with one attached hydrogen (secondary N) is 8. The molecule has 2 bridgehead atoms. The second kappa shape index (κ2) is 27.0. The largest absolute Gasteiger partial charge is 0.508 e. The zero-order valence-corrected chi connectivity index (χ0v) is 39.6.